The maximum Gasteiger partial charge on any atom is 0.418 e. The van der Waals surface area contributed by atoms with Crippen molar-refractivity contribution in [1.82, 2.24) is 0 Å². The van der Waals surface area contributed by atoms with Gasteiger partial charge >= 0.3 is 6.18 Å². The standard InChI is InChI=1S/C15H14BrF3N2/c1-9(11-4-2-3-5-13(11)20)21-14-8-10(16)6-7-12(14)15(17,18)19/h2-9,21H,20H2,1H3. The number of para-hydroxylation sites is 1. The summed E-state index contributed by atoms with van der Waals surface area (Å²) in [5.74, 6) is 0. The van der Waals surface area contributed by atoms with Crippen LogP contribution >= 0.6 is 15.9 Å². The largest absolute Gasteiger partial charge is 0.418 e. The van der Waals surface area contributed by atoms with Crippen molar-refractivity contribution in [2.75, 3.05) is 11.1 Å². The molecule has 0 aliphatic heterocycles. The van der Waals surface area contributed by atoms with E-state index in [2.05, 4.69) is 21.2 Å². The van der Waals surface area contributed by atoms with Crippen molar-refractivity contribution in [2.45, 2.75) is 19.1 Å². The van der Waals surface area contributed by atoms with E-state index in [0.29, 0.717) is 10.2 Å². The predicted molar refractivity (Wildman–Crippen MR) is 82.0 cm³/mol. The molecule has 2 rings (SSSR count). The van der Waals surface area contributed by atoms with Crippen LogP contribution in [0.15, 0.2) is 46.9 Å². The molecule has 6 heteroatoms. The van der Waals surface area contributed by atoms with Gasteiger partial charge in [-0.25, -0.2) is 0 Å². The average molecular weight is 359 g/mol. The number of benzene rings is 2. The molecule has 2 nitrogen and oxygen atoms in total. The van der Waals surface area contributed by atoms with Crippen LogP contribution in [0.5, 0.6) is 0 Å². The summed E-state index contributed by atoms with van der Waals surface area (Å²) in [4.78, 5) is 0. The van der Waals surface area contributed by atoms with Crippen LogP contribution in [0.1, 0.15) is 24.1 Å². The minimum absolute atomic E-state index is 0.0210. The summed E-state index contributed by atoms with van der Waals surface area (Å²) in [6.45, 7) is 1.77. The normalized spacial score (nSPS) is 13.0. The lowest BCUT2D eigenvalue weighted by Crippen LogP contribution is -2.14. The Kier molecular flexibility index (Phi) is 4.46. The highest BCUT2D eigenvalue weighted by Gasteiger charge is 2.33. The zero-order valence-electron chi connectivity index (χ0n) is 11.2. The first-order valence-corrected chi connectivity index (χ1v) is 7.06. The van der Waals surface area contributed by atoms with Crippen molar-refractivity contribution < 1.29 is 13.2 Å². The van der Waals surface area contributed by atoms with Gasteiger partial charge in [-0.2, -0.15) is 13.2 Å². The molecule has 0 radical (unpaired) electrons. The maximum absolute atomic E-state index is 13.0. The van der Waals surface area contributed by atoms with Gasteiger partial charge in [0.25, 0.3) is 0 Å². The minimum Gasteiger partial charge on any atom is -0.398 e. The number of hydrogen-bond donors (Lipinski definition) is 2. The maximum atomic E-state index is 13.0. The average Bonchev–Trinajstić information content (AvgIpc) is 2.37. The zero-order valence-corrected chi connectivity index (χ0v) is 12.8. The first-order chi connectivity index (χ1) is 9.79. The summed E-state index contributed by atoms with van der Waals surface area (Å²) in [6.07, 6.45) is -4.41. The van der Waals surface area contributed by atoms with Crippen LogP contribution in [-0.2, 0) is 6.18 Å². The second-order valence-corrected chi connectivity index (χ2v) is 5.60. The van der Waals surface area contributed by atoms with Crippen molar-refractivity contribution in [1.29, 1.82) is 0 Å². The van der Waals surface area contributed by atoms with Gasteiger partial charge in [-0.1, -0.05) is 34.1 Å². The molecule has 3 N–H and O–H groups in total. The van der Waals surface area contributed by atoms with E-state index in [1.165, 1.54) is 12.1 Å². The number of nitrogens with one attached hydrogen (secondary N) is 1. The van der Waals surface area contributed by atoms with E-state index in [1.807, 2.05) is 0 Å². The third-order valence-corrected chi connectivity index (χ3v) is 3.61. The highest BCUT2D eigenvalue weighted by Crippen LogP contribution is 2.38. The molecule has 1 atom stereocenters. The SMILES string of the molecule is CC(Nc1cc(Br)ccc1C(F)(F)F)c1ccccc1N. The summed E-state index contributed by atoms with van der Waals surface area (Å²) >= 11 is 3.19. The fraction of sp³-hybridized carbons (Fsp3) is 0.200. The second-order valence-electron chi connectivity index (χ2n) is 4.68. The smallest absolute Gasteiger partial charge is 0.398 e. The zero-order chi connectivity index (χ0) is 15.6. The molecule has 0 spiro atoms. The summed E-state index contributed by atoms with van der Waals surface area (Å²) in [7, 11) is 0. The van der Waals surface area contributed by atoms with Crippen LogP contribution in [0.3, 0.4) is 0 Å². The molecule has 0 fully saturated rings. The van der Waals surface area contributed by atoms with Gasteiger partial charge in [0.05, 0.1) is 11.6 Å². The lowest BCUT2D eigenvalue weighted by Gasteiger charge is -2.21. The molecule has 0 bridgehead atoms. The van der Waals surface area contributed by atoms with E-state index >= 15 is 0 Å². The molecule has 0 saturated heterocycles. The lowest BCUT2D eigenvalue weighted by atomic mass is 10.0. The Balaban J connectivity index is 2.35. The van der Waals surface area contributed by atoms with E-state index in [4.69, 9.17) is 5.73 Å². The van der Waals surface area contributed by atoms with Crippen LogP contribution in [-0.4, -0.2) is 0 Å². The molecule has 0 aliphatic rings. The van der Waals surface area contributed by atoms with Gasteiger partial charge in [-0.15, -0.1) is 0 Å². The van der Waals surface area contributed by atoms with Gasteiger partial charge in [0.2, 0.25) is 0 Å². The number of halogens is 4. The van der Waals surface area contributed by atoms with E-state index in [1.54, 1.807) is 31.2 Å². The van der Waals surface area contributed by atoms with Crippen LogP contribution in [0.25, 0.3) is 0 Å². The van der Waals surface area contributed by atoms with E-state index in [0.717, 1.165) is 11.6 Å². The molecule has 2 aromatic rings. The molecule has 0 amide bonds. The van der Waals surface area contributed by atoms with E-state index < -0.39 is 11.7 Å². The third kappa shape index (κ3) is 3.69. The number of hydrogen-bond acceptors (Lipinski definition) is 2. The van der Waals surface area contributed by atoms with Crippen molar-refractivity contribution in [3.05, 3.63) is 58.1 Å². The highest BCUT2D eigenvalue weighted by atomic mass is 79.9. The van der Waals surface area contributed by atoms with Crippen LogP contribution in [0.2, 0.25) is 0 Å². The van der Waals surface area contributed by atoms with Crippen molar-refractivity contribution in [2.24, 2.45) is 0 Å². The number of nitrogen functional groups attached to an aromatic ring is 1. The predicted octanol–water partition coefficient (Wildman–Crippen LogP) is 5.22. The Hall–Kier alpha value is -1.69. The molecule has 112 valence electrons. The number of alkyl halides is 3. The van der Waals surface area contributed by atoms with Gasteiger partial charge < -0.3 is 11.1 Å². The van der Waals surface area contributed by atoms with Gasteiger partial charge in [0.15, 0.2) is 0 Å². The topological polar surface area (TPSA) is 38.0 Å². The minimum atomic E-state index is -4.41. The van der Waals surface area contributed by atoms with Crippen LogP contribution in [0.4, 0.5) is 24.5 Å². The summed E-state index contributed by atoms with van der Waals surface area (Å²) in [5.41, 5.74) is 6.47. The molecule has 21 heavy (non-hydrogen) atoms. The molecule has 0 aromatic heterocycles. The number of nitrogens with two attached hydrogens (primary N) is 1. The Morgan fingerprint density at radius 2 is 1.81 bits per heavy atom. The van der Waals surface area contributed by atoms with Crippen molar-refractivity contribution in [3.8, 4) is 0 Å². The molecule has 1 unspecified atom stereocenters. The van der Waals surface area contributed by atoms with Crippen molar-refractivity contribution >= 4 is 27.3 Å². The quantitative estimate of drug-likeness (QED) is 0.737. The number of rotatable bonds is 3. The highest BCUT2D eigenvalue weighted by molar-refractivity contribution is 9.10. The molecular weight excluding hydrogens is 345 g/mol. The molecular formula is C15H14BrF3N2. The van der Waals surface area contributed by atoms with Gasteiger partial charge in [-0.05, 0) is 36.8 Å². The lowest BCUT2D eigenvalue weighted by molar-refractivity contribution is -0.137. The number of anilines is 2. The summed E-state index contributed by atoms with van der Waals surface area (Å²) < 4.78 is 39.7. The van der Waals surface area contributed by atoms with Crippen molar-refractivity contribution in [3.63, 3.8) is 0 Å². The third-order valence-electron chi connectivity index (χ3n) is 3.12. The van der Waals surface area contributed by atoms with E-state index in [-0.39, 0.29) is 11.7 Å². The fourth-order valence-corrected chi connectivity index (χ4v) is 2.46. The Morgan fingerprint density at radius 1 is 1.14 bits per heavy atom. The molecule has 2 aromatic carbocycles. The summed E-state index contributed by atoms with van der Waals surface area (Å²) in [5, 5.41) is 2.88. The molecule has 0 saturated carbocycles. The Morgan fingerprint density at radius 3 is 2.43 bits per heavy atom. The second kappa shape index (κ2) is 5.97. The molecule has 0 aliphatic carbocycles. The van der Waals surface area contributed by atoms with Gasteiger partial charge in [0.1, 0.15) is 0 Å². The van der Waals surface area contributed by atoms with E-state index in [9.17, 15) is 13.2 Å². The fourth-order valence-electron chi connectivity index (χ4n) is 2.10. The van der Waals surface area contributed by atoms with Crippen LogP contribution in [0, 0.1) is 0 Å². The van der Waals surface area contributed by atoms with Gasteiger partial charge in [-0.3, -0.25) is 0 Å². The Labute approximate surface area is 129 Å². The first-order valence-electron chi connectivity index (χ1n) is 6.26. The first kappa shape index (κ1) is 15.7. The monoisotopic (exact) mass is 358 g/mol. The van der Waals surface area contributed by atoms with Gasteiger partial charge in [0, 0.05) is 15.8 Å². The van der Waals surface area contributed by atoms with Crippen LogP contribution < -0.4 is 11.1 Å². The summed E-state index contributed by atoms with van der Waals surface area (Å²) in [6, 6.07) is 10.6. The molecule has 0 heterocycles. The Bertz CT molecular complexity index is 641.